The van der Waals surface area contributed by atoms with Gasteiger partial charge in [-0.25, -0.2) is 0 Å². The molecule has 5 heteroatoms. The molecule has 27 heavy (non-hydrogen) atoms. The van der Waals surface area contributed by atoms with Gasteiger partial charge in [0.25, 0.3) is 0 Å². The number of allylic oxidation sites excluding steroid dienone is 1. The summed E-state index contributed by atoms with van der Waals surface area (Å²) in [5, 5.41) is 28.7. The van der Waals surface area contributed by atoms with Gasteiger partial charge in [-0.05, 0) is 19.3 Å². The van der Waals surface area contributed by atoms with Crippen molar-refractivity contribution in [2.45, 2.75) is 108 Å². The van der Waals surface area contributed by atoms with Gasteiger partial charge in [-0.1, -0.05) is 70.3 Å². The zero-order valence-corrected chi connectivity index (χ0v) is 17.1. The lowest BCUT2D eigenvalue weighted by molar-refractivity contribution is -0.101. The van der Waals surface area contributed by atoms with Crippen LogP contribution in [0.25, 0.3) is 0 Å². The maximum absolute atomic E-state index is 9.81. The van der Waals surface area contributed by atoms with Crippen LogP contribution in [0.3, 0.4) is 0 Å². The van der Waals surface area contributed by atoms with Gasteiger partial charge in [0, 0.05) is 6.61 Å². The number of hydrogen-bond acceptors (Lipinski definition) is 5. The number of ether oxygens (including phenoxy) is 2. The van der Waals surface area contributed by atoms with Gasteiger partial charge in [0.2, 0.25) is 0 Å². The van der Waals surface area contributed by atoms with Crippen LogP contribution in [0.5, 0.6) is 0 Å². The Morgan fingerprint density at radius 2 is 1.41 bits per heavy atom. The normalized spacial score (nSPS) is 23.6. The molecule has 0 aromatic carbocycles. The highest BCUT2D eigenvalue weighted by Crippen LogP contribution is 2.20. The van der Waals surface area contributed by atoms with Gasteiger partial charge < -0.3 is 24.8 Å². The monoisotopic (exact) mass is 386 g/mol. The summed E-state index contributed by atoms with van der Waals surface area (Å²) >= 11 is 0. The maximum Gasteiger partial charge on any atom is 0.114 e. The van der Waals surface area contributed by atoms with Gasteiger partial charge in [-0.3, -0.25) is 0 Å². The van der Waals surface area contributed by atoms with E-state index in [9.17, 15) is 15.3 Å². The zero-order chi connectivity index (χ0) is 19.7. The van der Waals surface area contributed by atoms with Crippen molar-refractivity contribution < 1.29 is 24.8 Å². The molecule has 0 radical (unpaired) electrons. The largest absolute Gasteiger partial charge is 0.394 e. The molecule has 0 bridgehead atoms. The second-order valence-corrected chi connectivity index (χ2v) is 7.77. The average molecular weight is 387 g/mol. The minimum Gasteiger partial charge on any atom is -0.394 e. The Morgan fingerprint density at radius 3 is 1.85 bits per heavy atom. The molecule has 5 nitrogen and oxygen atoms in total. The lowest BCUT2D eigenvalue weighted by Crippen LogP contribution is -2.42. The molecular weight excluding hydrogens is 344 g/mol. The number of unbranched alkanes of at least 4 members (excludes halogenated alkanes) is 12. The molecule has 1 fully saturated rings. The van der Waals surface area contributed by atoms with Crippen molar-refractivity contribution in [2.75, 3.05) is 19.8 Å². The summed E-state index contributed by atoms with van der Waals surface area (Å²) in [6.45, 7) is 4.20. The van der Waals surface area contributed by atoms with E-state index < -0.39 is 24.4 Å². The molecule has 0 spiro atoms. The van der Waals surface area contributed by atoms with Gasteiger partial charge in [-0.2, -0.15) is 0 Å². The van der Waals surface area contributed by atoms with E-state index >= 15 is 0 Å². The fourth-order valence-electron chi connectivity index (χ4n) is 3.60. The first-order valence-corrected chi connectivity index (χ1v) is 11.0. The molecule has 1 aliphatic heterocycles. The molecule has 0 aromatic rings. The van der Waals surface area contributed by atoms with Crippen LogP contribution in [-0.2, 0) is 9.47 Å². The van der Waals surface area contributed by atoms with E-state index in [1.165, 1.54) is 64.2 Å². The molecular formula is C22H42O5. The third kappa shape index (κ3) is 11.2. The molecule has 1 rings (SSSR count). The lowest BCUT2D eigenvalue weighted by atomic mass is 10.0. The number of aliphatic hydroxyl groups excluding tert-OH is 3. The maximum atomic E-state index is 9.81. The Morgan fingerprint density at radius 1 is 0.889 bits per heavy atom. The molecule has 0 aliphatic carbocycles. The molecule has 0 amide bonds. The summed E-state index contributed by atoms with van der Waals surface area (Å²) in [4.78, 5) is 0. The SMILES string of the molecule is C=CCCCCCCCCCCCCCCO[C@H](CO)[C@@H]1OC[C@H](O)[C@@H]1O. The first-order chi connectivity index (χ1) is 13.2. The Labute approximate surface area is 165 Å². The predicted octanol–water partition coefficient (Wildman–Crippen LogP) is 3.74. The average Bonchev–Trinajstić information content (AvgIpc) is 3.00. The topological polar surface area (TPSA) is 79.2 Å². The van der Waals surface area contributed by atoms with Crippen LogP contribution in [0.15, 0.2) is 12.7 Å². The Bertz CT molecular complexity index is 350. The number of hydrogen-bond donors (Lipinski definition) is 3. The second-order valence-electron chi connectivity index (χ2n) is 7.77. The van der Waals surface area contributed by atoms with Crippen molar-refractivity contribution in [3.05, 3.63) is 12.7 Å². The smallest absolute Gasteiger partial charge is 0.114 e. The van der Waals surface area contributed by atoms with Gasteiger partial charge in [-0.15, -0.1) is 6.58 Å². The van der Waals surface area contributed by atoms with Crippen molar-refractivity contribution in [3.8, 4) is 0 Å². The van der Waals surface area contributed by atoms with Crippen LogP contribution in [0.4, 0.5) is 0 Å². The van der Waals surface area contributed by atoms with Crippen molar-refractivity contribution in [3.63, 3.8) is 0 Å². The van der Waals surface area contributed by atoms with E-state index in [0.29, 0.717) is 6.61 Å². The standard InChI is InChI=1S/C22H42O5/c1-2-3-4-5-6-7-8-9-10-11-12-13-14-15-16-26-20(17-23)22-21(25)19(24)18-27-22/h2,19-25H,1,3-18H2/t19-,20+,21-,22-/m0/s1. The third-order valence-electron chi connectivity index (χ3n) is 5.37. The van der Waals surface area contributed by atoms with E-state index in [-0.39, 0.29) is 13.2 Å². The minimum absolute atomic E-state index is 0.0982. The summed E-state index contributed by atoms with van der Waals surface area (Å²) in [7, 11) is 0. The molecule has 1 aliphatic rings. The summed E-state index contributed by atoms with van der Waals surface area (Å²) in [6, 6.07) is 0. The van der Waals surface area contributed by atoms with E-state index in [1.807, 2.05) is 6.08 Å². The van der Waals surface area contributed by atoms with Gasteiger partial charge in [0.15, 0.2) is 0 Å². The highest BCUT2D eigenvalue weighted by Gasteiger charge is 2.40. The molecule has 3 N–H and O–H groups in total. The van der Waals surface area contributed by atoms with Crippen LogP contribution in [-0.4, -0.2) is 59.6 Å². The molecule has 160 valence electrons. The Balaban J connectivity index is 1.85. The van der Waals surface area contributed by atoms with Gasteiger partial charge in [0.1, 0.15) is 24.4 Å². The second kappa shape index (κ2) is 16.5. The summed E-state index contributed by atoms with van der Waals surface area (Å²) in [6.07, 6.45) is 15.4. The van der Waals surface area contributed by atoms with Gasteiger partial charge in [0.05, 0.1) is 13.2 Å². The minimum atomic E-state index is -0.978. The van der Waals surface area contributed by atoms with Crippen LogP contribution in [0, 0.1) is 0 Å². The Kier molecular flexibility index (Phi) is 15.0. The first-order valence-electron chi connectivity index (χ1n) is 11.0. The van der Waals surface area contributed by atoms with Crippen molar-refractivity contribution in [1.82, 2.24) is 0 Å². The molecule has 0 aromatic heterocycles. The van der Waals surface area contributed by atoms with Crippen LogP contribution in [0.2, 0.25) is 0 Å². The van der Waals surface area contributed by atoms with Crippen LogP contribution < -0.4 is 0 Å². The van der Waals surface area contributed by atoms with E-state index in [4.69, 9.17) is 9.47 Å². The van der Waals surface area contributed by atoms with Crippen LogP contribution >= 0.6 is 0 Å². The fraction of sp³-hybridized carbons (Fsp3) is 0.909. The molecule has 0 saturated carbocycles. The van der Waals surface area contributed by atoms with E-state index in [1.54, 1.807) is 0 Å². The van der Waals surface area contributed by atoms with Crippen molar-refractivity contribution in [2.24, 2.45) is 0 Å². The van der Waals surface area contributed by atoms with Crippen molar-refractivity contribution >= 4 is 0 Å². The first kappa shape index (κ1) is 24.6. The van der Waals surface area contributed by atoms with Gasteiger partial charge >= 0.3 is 0 Å². The zero-order valence-electron chi connectivity index (χ0n) is 17.1. The number of aliphatic hydroxyl groups is 3. The lowest BCUT2D eigenvalue weighted by Gasteiger charge is -2.24. The third-order valence-corrected chi connectivity index (χ3v) is 5.37. The molecule has 4 atom stereocenters. The molecule has 1 heterocycles. The summed E-state index contributed by atoms with van der Waals surface area (Å²) < 4.78 is 11.0. The van der Waals surface area contributed by atoms with Crippen LogP contribution in [0.1, 0.15) is 83.5 Å². The highest BCUT2D eigenvalue weighted by atomic mass is 16.6. The molecule has 0 unspecified atom stereocenters. The number of rotatable bonds is 18. The summed E-state index contributed by atoms with van der Waals surface area (Å²) in [5.74, 6) is 0. The highest BCUT2D eigenvalue weighted by molar-refractivity contribution is 4.88. The predicted molar refractivity (Wildman–Crippen MR) is 109 cm³/mol. The van der Waals surface area contributed by atoms with Crippen molar-refractivity contribution in [1.29, 1.82) is 0 Å². The Hall–Kier alpha value is -0.460. The van der Waals surface area contributed by atoms with E-state index in [0.717, 1.165) is 19.3 Å². The van der Waals surface area contributed by atoms with E-state index in [2.05, 4.69) is 6.58 Å². The molecule has 1 saturated heterocycles. The summed E-state index contributed by atoms with van der Waals surface area (Å²) in [5.41, 5.74) is 0. The fourth-order valence-corrected chi connectivity index (χ4v) is 3.60. The quantitative estimate of drug-likeness (QED) is 0.247.